The first kappa shape index (κ1) is 21.8. The molecular weight excluding hydrogens is 427 g/mol. The predicted octanol–water partition coefficient (Wildman–Crippen LogP) is 4.41. The molecule has 162 valence electrons. The van der Waals surface area contributed by atoms with Crippen molar-refractivity contribution in [2.75, 3.05) is 0 Å². The SMILES string of the molecule is O=c1c(Cc2ccc(F)cc2)c(-c2ccc(CS(=O)O)cc2)cnn1Cc1ccccc1. The van der Waals surface area contributed by atoms with E-state index in [1.165, 1.54) is 16.8 Å². The summed E-state index contributed by atoms with van der Waals surface area (Å²) in [5, 5.41) is 4.39. The third-order valence-electron chi connectivity index (χ3n) is 5.17. The van der Waals surface area contributed by atoms with Gasteiger partial charge in [-0.1, -0.05) is 66.7 Å². The molecule has 3 aromatic carbocycles. The highest BCUT2D eigenvalue weighted by Gasteiger charge is 2.15. The van der Waals surface area contributed by atoms with Gasteiger partial charge in [-0.15, -0.1) is 0 Å². The van der Waals surface area contributed by atoms with Crippen LogP contribution < -0.4 is 5.56 Å². The summed E-state index contributed by atoms with van der Waals surface area (Å²) in [6.07, 6.45) is 2.00. The molecule has 0 amide bonds. The second-order valence-corrected chi connectivity index (χ2v) is 8.38. The summed E-state index contributed by atoms with van der Waals surface area (Å²) in [6.45, 7) is 0.345. The van der Waals surface area contributed by atoms with Gasteiger partial charge in [0.15, 0.2) is 11.1 Å². The Bertz CT molecular complexity index is 1290. The first-order chi connectivity index (χ1) is 15.5. The molecule has 4 aromatic rings. The van der Waals surface area contributed by atoms with Crippen molar-refractivity contribution < 1.29 is 13.2 Å². The average Bonchev–Trinajstić information content (AvgIpc) is 2.79. The lowest BCUT2D eigenvalue weighted by atomic mass is 9.97. The maximum absolute atomic E-state index is 13.4. The number of hydrogen-bond acceptors (Lipinski definition) is 3. The fourth-order valence-corrected chi connectivity index (χ4v) is 4.02. The molecule has 1 atom stereocenters. The lowest BCUT2D eigenvalue weighted by Crippen LogP contribution is -2.27. The third-order valence-corrected chi connectivity index (χ3v) is 5.75. The summed E-state index contributed by atoms with van der Waals surface area (Å²) < 4.78 is 35.0. The van der Waals surface area contributed by atoms with Gasteiger partial charge >= 0.3 is 0 Å². The molecule has 7 heteroatoms. The van der Waals surface area contributed by atoms with E-state index in [2.05, 4.69) is 5.10 Å². The number of nitrogens with zero attached hydrogens (tertiary/aromatic N) is 2. The summed E-state index contributed by atoms with van der Waals surface area (Å²) in [4.78, 5) is 13.4. The second kappa shape index (κ2) is 9.80. The van der Waals surface area contributed by atoms with Crippen LogP contribution in [0.15, 0.2) is 89.9 Å². The molecule has 1 N–H and O–H groups in total. The molecular formula is C25H21FN2O3S. The maximum atomic E-state index is 13.4. The summed E-state index contributed by atoms with van der Waals surface area (Å²) >= 11 is -1.92. The van der Waals surface area contributed by atoms with E-state index < -0.39 is 11.1 Å². The van der Waals surface area contributed by atoms with Gasteiger partial charge in [0.2, 0.25) is 0 Å². The summed E-state index contributed by atoms with van der Waals surface area (Å²) in [5.74, 6) is -0.290. The Kier molecular flexibility index (Phi) is 6.68. The van der Waals surface area contributed by atoms with E-state index in [-0.39, 0.29) is 17.1 Å². The number of aromatic nitrogens is 2. The second-order valence-electron chi connectivity index (χ2n) is 7.45. The Morgan fingerprint density at radius 3 is 2.19 bits per heavy atom. The highest BCUT2D eigenvalue weighted by molar-refractivity contribution is 7.78. The zero-order chi connectivity index (χ0) is 22.5. The molecule has 0 bridgehead atoms. The highest BCUT2D eigenvalue weighted by Crippen LogP contribution is 2.24. The van der Waals surface area contributed by atoms with Gasteiger partial charge in [-0.05, 0) is 34.4 Å². The summed E-state index contributed by atoms with van der Waals surface area (Å²) in [7, 11) is 0. The molecule has 0 aliphatic heterocycles. The standard InChI is InChI=1S/C25H21FN2O3S/c26-22-12-8-18(9-13-22)14-23-24(21-10-6-20(7-11-21)17-32(30)31)15-27-28(25(23)29)16-19-4-2-1-3-5-19/h1-13,15H,14,16-17H2,(H,30,31). The molecule has 0 spiro atoms. The van der Waals surface area contributed by atoms with Crippen molar-refractivity contribution in [3.8, 4) is 11.1 Å². The number of rotatable bonds is 7. The van der Waals surface area contributed by atoms with Gasteiger partial charge in [0.1, 0.15) is 5.82 Å². The highest BCUT2D eigenvalue weighted by atomic mass is 32.2. The topological polar surface area (TPSA) is 72.2 Å². The van der Waals surface area contributed by atoms with Crippen molar-refractivity contribution in [2.45, 2.75) is 18.7 Å². The summed E-state index contributed by atoms with van der Waals surface area (Å²) in [6, 6.07) is 22.9. The van der Waals surface area contributed by atoms with Crippen LogP contribution in [0.2, 0.25) is 0 Å². The number of halogens is 1. The monoisotopic (exact) mass is 448 g/mol. The Morgan fingerprint density at radius 2 is 1.53 bits per heavy atom. The molecule has 5 nitrogen and oxygen atoms in total. The van der Waals surface area contributed by atoms with Crippen molar-refractivity contribution in [2.24, 2.45) is 0 Å². The van der Waals surface area contributed by atoms with Crippen LogP contribution in [0.3, 0.4) is 0 Å². The van der Waals surface area contributed by atoms with Gasteiger partial charge in [0, 0.05) is 17.5 Å². The van der Waals surface area contributed by atoms with Crippen LogP contribution in [0, 0.1) is 5.82 Å². The van der Waals surface area contributed by atoms with E-state index in [9.17, 15) is 13.4 Å². The first-order valence-electron chi connectivity index (χ1n) is 10.0. The fraction of sp³-hybridized carbons (Fsp3) is 0.120. The molecule has 1 unspecified atom stereocenters. The predicted molar refractivity (Wildman–Crippen MR) is 123 cm³/mol. The van der Waals surface area contributed by atoms with E-state index in [4.69, 9.17) is 4.55 Å². The minimum Gasteiger partial charge on any atom is -0.306 e. The van der Waals surface area contributed by atoms with Gasteiger partial charge in [0.05, 0.1) is 18.5 Å². The van der Waals surface area contributed by atoms with E-state index in [0.717, 1.165) is 22.3 Å². The van der Waals surface area contributed by atoms with Gasteiger partial charge < -0.3 is 4.55 Å². The zero-order valence-corrected chi connectivity index (χ0v) is 18.0. The van der Waals surface area contributed by atoms with Crippen LogP contribution in [0.5, 0.6) is 0 Å². The Labute approximate surface area is 187 Å². The van der Waals surface area contributed by atoms with E-state index in [1.54, 1.807) is 30.5 Å². The van der Waals surface area contributed by atoms with Crippen LogP contribution in [0.1, 0.15) is 22.3 Å². The molecule has 0 radical (unpaired) electrons. The minimum absolute atomic E-state index is 0.0413. The van der Waals surface area contributed by atoms with Crippen LogP contribution in [0.4, 0.5) is 4.39 Å². The summed E-state index contributed by atoms with van der Waals surface area (Å²) in [5.41, 5.74) is 4.31. The molecule has 0 fully saturated rings. The lowest BCUT2D eigenvalue weighted by molar-refractivity contribution is 0.563. The first-order valence-corrected chi connectivity index (χ1v) is 11.3. The van der Waals surface area contributed by atoms with E-state index in [1.807, 2.05) is 42.5 Å². The molecule has 0 aliphatic rings. The number of hydrogen-bond donors (Lipinski definition) is 1. The lowest BCUT2D eigenvalue weighted by Gasteiger charge is -2.13. The van der Waals surface area contributed by atoms with E-state index >= 15 is 0 Å². The van der Waals surface area contributed by atoms with Gasteiger partial charge in [0.25, 0.3) is 5.56 Å². The Morgan fingerprint density at radius 1 is 0.875 bits per heavy atom. The molecule has 4 rings (SSSR count). The molecule has 1 aromatic heterocycles. The molecule has 1 heterocycles. The van der Waals surface area contributed by atoms with Crippen molar-refractivity contribution in [3.05, 3.63) is 123 Å². The van der Waals surface area contributed by atoms with Crippen LogP contribution in [0.25, 0.3) is 11.1 Å². The Balaban J connectivity index is 1.76. The van der Waals surface area contributed by atoms with E-state index in [0.29, 0.717) is 24.1 Å². The van der Waals surface area contributed by atoms with Gasteiger partial charge in [-0.25, -0.2) is 13.3 Å². The third kappa shape index (κ3) is 5.25. The van der Waals surface area contributed by atoms with Crippen LogP contribution >= 0.6 is 0 Å². The largest absolute Gasteiger partial charge is 0.306 e. The van der Waals surface area contributed by atoms with Crippen LogP contribution in [-0.2, 0) is 29.8 Å². The zero-order valence-electron chi connectivity index (χ0n) is 17.1. The number of benzene rings is 3. The van der Waals surface area contributed by atoms with Gasteiger partial charge in [-0.3, -0.25) is 4.79 Å². The fourth-order valence-electron chi connectivity index (χ4n) is 3.55. The molecule has 0 saturated carbocycles. The molecule has 0 saturated heterocycles. The normalized spacial score (nSPS) is 11.9. The molecule has 0 aliphatic carbocycles. The smallest absolute Gasteiger partial charge is 0.271 e. The minimum atomic E-state index is -1.92. The maximum Gasteiger partial charge on any atom is 0.271 e. The Hall–Kier alpha value is -3.42. The van der Waals surface area contributed by atoms with Gasteiger partial charge in [-0.2, -0.15) is 5.10 Å². The van der Waals surface area contributed by atoms with Crippen molar-refractivity contribution >= 4 is 11.1 Å². The van der Waals surface area contributed by atoms with Crippen molar-refractivity contribution in [3.63, 3.8) is 0 Å². The molecule has 32 heavy (non-hydrogen) atoms. The van der Waals surface area contributed by atoms with Crippen molar-refractivity contribution in [1.82, 2.24) is 9.78 Å². The van der Waals surface area contributed by atoms with Crippen LogP contribution in [-0.4, -0.2) is 18.5 Å². The van der Waals surface area contributed by atoms with Crippen molar-refractivity contribution in [1.29, 1.82) is 0 Å². The average molecular weight is 449 g/mol. The quantitative estimate of drug-likeness (QED) is 0.425.